The molecule has 0 radical (unpaired) electrons. The molecule has 2 rings (SSSR count). The second-order valence-electron chi connectivity index (χ2n) is 3.05. The van der Waals surface area contributed by atoms with Crippen LogP contribution in [0.1, 0.15) is 0 Å². The molecule has 3 heteroatoms. The van der Waals surface area contributed by atoms with E-state index in [9.17, 15) is 0 Å². The zero-order valence-corrected chi connectivity index (χ0v) is 6.75. The van der Waals surface area contributed by atoms with Gasteiger partial charge in [-0.15, -0.1) is 0 Å². The molecule has 0 aromatic heterocycles. The Kier molecular flexibility index (Phi) is 1.87. The van der Waals surface area contributed by atoms with Gasteiger partial charge in [-0.2, -0.15) is 0 Å². The van der Waals surface area contributed by atoms with E-state index in [2.05, 4.69) is 10.6 Å². The number of nitrogens with one attached hydrogen (secondary N) is 2. The van der Waals surface area contributed by atoms with Gasteiger partial charge in [-0.25, -0.2) is 0 Å². The van der Waals surface area contributed by atoms with Gasteiger partial charge >= 0.3 is 0 Å². The molecule has 0 saturated carbocycles. The molecule has 1 saturated heterocycles. The Balaban J connectivity index is 1.98. The topological polar surface area (TPSA) is 44.3 Å². The van der Waals surface area contributed by atoms with Gasteiger partial charge in [-0.3, -0.25) is 0 Å². The third-order valence-electron chi connectivity index (χ3n) is 2.02. The molecule has 64 valence electrons. The first-order chi connectivity index (χ1) is 5.84. The minimum Gasteiger partial charge on any atom is -0.508 e. The Hall–Kier alpha value is -1.22. The van der Waals surface area contributed by atoms with E-state index in [0.717, 1.165) is 18.8 Å². The number of hydrogen-bond acceptors (Lipinski definition) is 3. The third-order valence-corrected chi connectivity index (χ3v) is 2.02. The van der Waals surface area contributed by atoms with Crippen LogP contribution in [-0.2, 0) is 0 Å². The molecule has 0 atom stereocenters. The highest BCUT2D eigenvalue weighted by Crippen LogP contribution is 2.15. The Labute approximate surface area is 71.4 Å². The van der Waals surface area contributed by atoms with Crippen molar-refractivity contribution in [3.63, 3.8) is 0 Å². The maximum Gasteiger partial charge on any atom is 0.115 e. The van der Waals surface area contributed by atoms with Gasteiger partial charge in [0.25, 0.3) is 0 Å². The van der Waals surface area contributed by atoms with Crippen molar-refractivity contribution in [3.05, 3.63) is 24.3 Å². The molecule has 1 fully saturated rings. The lowest BCUT2D eigenvalue weighted by molar-refractivity contribution is 0.470. The number of phenolic OH excluding ortho intramolecular Hbond substituents is 1. The lowest BCUT2D eigenvalue weighted by atomic mass is 10.1. The number of rotatable bonds is 2. The summed E-state index contributed by atoms with van der Waals surface area (Å²) in [7, 11) is 0. The van der Waals surface area contributed by atoms with Crippen LogP contribution in [0.2, 0.25) is 0 Å². The molecule has 0 aliphatic carbocycles. The number of benzene rings is 1. The summed E-state index contributed by atoms with van der Waals surface area (Å²) in [6, 6.07) is 7.69. The van der Waals surface area contributed by atoms with Crippen LogP contribution in [0.3, 0.4) is 0 Å². The first-order valence-corrected chi connectivity index (χ1v) is 4.11. The van der Waals surface area contributed by atoms with Crippen molar-refractivity contribution in [1.29, 1.82) is 0 Å². The molecule has 0 amide bonds. The van der Waals surface area contributed by atoms with E-state index in [-0.39, 0.29) is 0 Å². The van der Waals surface area contributed by atoms with E-state index in [1.54, 1.807) is 12.1 Å². The van der Waals surface area contributed by atoms with Gasteiger partial charge in [-0.05, 0) is 24.3 Å². The second kappa shape index (κ2) is 3.03. The first-order valence-electron chi connectivity index (χ1n) is 4.11. The summed E-state index contributed by atoms with van der Waals surface area (Å²) in [5.41, 5.74) is 1.07. The van der Waals surface area contributed by atoms with Crippen LogP contribution in [0.15, 0.2) is 24.3 Å². The van der Waals surface area contributed by atoms with Crippen LogP contribution in [0.5, 0.6) is 5.75 Å². The maximum atomic E-state index is 9.02. The summed E-state index contributed by atoms with van der Waals surface area (Å²) in [6.07, 6.45) is 0. The quantitative estimate of drug-likeness (QED) is 0.566. The summed E-state index contributed by atoms with van der Waals surface area (Å²) in [5.74, 6) is 0.312. The number of hydrogen-bond donors (Lipinski definition) is 3. The molecule has 0 bridgehead atoms. The van der Waals surface area contributed by atoms with Crippen LogP contribution in [0, 0.1) is 0 Å². The molecule has 0 unspecified atom stereocenters. The van der Waals surface area contributed by atoms with Crippen molar-refractivity contribution in [3.8, 4) is 5.75 Å². The zero-order valence-electron chi connectivity index (χ0n) is 6.75. The van der Waals surface area contributed by atoms with E-state index < -0.39 is 0 Å². The fourth-order valence-corrected chi connectivity index (χ4v) is 1.18. The van der Waals surface area contributed by atoms with Gasteiger partial charge in [-0.1, -0.05) is 0 Å². The van der Waals surface area contributed by atoms with Gasteiger partial charge in [0, 0.05) is 18.8 Å². The molecular formula is C9H12N2O. The Morgan fingerprint density at radius 3 is 2.42 bits per heavy atom. The number of phenols is 1. The summed E-state index contributed by atoms with van der Waals surface area (Å²) < 4.78 is 0. The van der Waals surface area contributed by atoms with Gasteiger partial charge < -0.3 is 15.7 Å². The molecular weight excluding hydrogens is 152 g/mol. The summed E-state index contributed by atoms with van der Waals surface area (Å²) >= 11 is 0. The molecule has 1 aliphatic rings. The van der Waals surface area contributed by atoms with Crippen molar-refractivity contribution in [2.45, 2.75) is 6.04 Å². The highest BCUT2D eigenvalue weighted by atomic mass is 16.3. The molecule has 3 N–H and O–H groups in total. The molecule has 1 aromatic carbocycles. The van der Waals surface area contributed by atoms with Gasteiger partial charge in [0.2, 0.25) is 0 Å². The monoisotopic (exact) mass is 164 g/mol. The summed E-state index contributed by atoms with van der Waals surface area (Å²) in [5, 5.41) is 15.5. The van der Waals surface area contributed by atoms with Crippen LogP contribution in [0.4, 0.5) is 5.69 Å². The lowest BCUT2D eigenvalue weighted by Gasteiger charge is -2.28. The van der Waals surface area contributed by atoms with E-state index in [1.807, 2.05) is 12.1 Å². The molecule has 3 nitrogen and oxygen atoms in total. The average molecular weight is 164 g/mol. The lowest BCUT2D eigenvalue weighted by Crippen LogP contribution is -2.51. The standard InChI is InChI=1S/C9H12N2O/c12-9-3-1-7(2-4-9)11-8-5-10-6-8/h1-4,8,10-12H,5-6H2. The largest absolute Gasteiger partial charge is 0.508 e. The van der Waals surface area contributed by atoms with Crippen molar-refractivity contribution >= 4 is 5.69 Å². The van der Waals surface area contributed by atoms with Crippen molar-refractivity contribution in [1.82, 2.24) is 5.32 Å². The van der Waals surface area contributed by atoms with E-state index >= 15 is 0 Å². The zero-order chi connectivity index (χ0) is 8.39. The van der Waals surface area contributed by atoms with Gasteiger partial charge in [0.15, 0.2) is 0 Å². The first kappa shape index (κ1) is 7.43. The molecule has 0 spiro atoms. The minimum absolute atomic E-state index is 0.312. The van der Waals surface area contributed by atoms with Crippen molar-refractivity contribution in [2.24, 2.45) is 0 Å². The average Bonchev–Trinajstić information content (AvgIpc) is 2.00. The van der Waals surface area contributed by atoms with Crippen molar-refractivity contribution in [2.75, 3.05) is 18.4 Å². The highest BCUT2D eigenvalue weighted by Gasteiger charge is 2.15. The van der Waals surface area contributed by atoms with Crippen LogP contribution < -0.4 is 10.6 Å². The Morgan fingerprint density at radius 2 is 1.92 bits per heavy atom. The van der Waals surface area contributed by atoms with E-state index in [4.69, 9.17) is 5.11 Å². The van der Waals surface area contributed by atoms with E-state index in [0.29, 0.717) is 11.8 Å². The Morgan fingerprint density at radius 1 is 1.25 bits per heavy atom. The highest BCUT2D eigenvalue weighted by molar-refractivity contribution is 5.47. The smallest absolute Gasteiger partial charge is 0.115 e. The second-order valence-corrected chi connectivity index (χ2v) is 3.05. The summed E-state index contributed by atoms with van der Waals surface area (Å²) in [4.78, 5) is 0. The predicted octanol–water partition coefficient (Wildman–Crippen LogP) is 0.776. The van der Waals surface area contributed by atoms with Crippen molar-refractivity contribution < 1.29 is 5.11 Å². The fourth-order valence-electron chi connectivity index (χ4n) is 1.18. The molecule has 12 heavy (non-hydrogen) atoms. The Bertz CT molecular complexity index is 254. The normalized spacial score (nSPS) is 17.0. The van der Waals surface area contributed by atoms with Gasteiger partial charge in [0.05, 0.1) is 6.04 Å². The third kappa shape index (κ3) is 1.51. The minimum atomic E-state index is 0.312. The maximum absolute atomic E-state index is 9.02. The molecule has 1 aliphatic heterocycles. The van der Waals surface area contributed by atoms with Crippen LogP contribution in [-0.4, -0.2) is 24.2 Å². The van der Waals surface area contributed by atoms with Crippen LogP contribution in [0.25, 0.3) is 0 Å². The summed E-state index contributed by atoms with van der Waals surface area (Å²) in [6.45, 7) is 2.06. The fraction of sp³-hybridized carbons (Fsp3) is 0.333. The number of anilines is 1. The van der Waals surface area contributed by atoms with Crippen LogP contribution >= 0.6 is 0 Å². The molecule has 1 heterocycles. The van der Waals surface area contributed by atoms with E-state index in [1.165, 1.54) is 0 Å². The SMILES string of the molecule is Oc1ccc(NC2CNC2)cc1. The predicted molar refractivity (Wildman–Crippen MR) is 48.4 cm³/mol. The molecule has 1 aromatic rings. The van der Waals surface area contributed by atoms with Gasteiger partial charge in [0.1, 0.15) is 5.75 Å². The number of aromatic hydroxyl groups is 1.